The number of aromatic nitrogens is 3. The van der Waals surface area contributed by atoms with Crippen LogP contribution in [0, 0.1) is 6.92 Å². The van der Waals surface area contributed by atoms with Gasteiger partial charge in [-0.15, -0.1) is 0 Å². The van der Waals surface area contributed by atoms with E-state index in [1.165, 1.54) is 37.7 Å². The molecule has 0 saturated carbocycles. The molecule has 25 heavy (non-hydrogen) atoms. The predicted molar refractivity (Wildman–Crippen MR) is 90.4 cm³/mol. The molecule has 0 fully saturated rings. The molecule has 2 aromatic heterocycles. The molecule has 3 aromatic rings. The molecule has 1 aromatic carbocycles. The molecular formula is C15H15N5O4S. The minimum absolute atomic E-state index is 0.0323. The molecule has 0 radical (unpaired) electrons. The van der Waals surface area contributed by atoms with Crippen molar-refractivity contribution in [2.75, 3.05) is 12.1 Å². The van der Waals surface area contributed by atoms with Crippen LogP contribution in [0.25, 0.3) is 11.2 Å². The first kappa shape index (κ1) is 16.9. The van der Waals surface area contributed by atoms with Crippen molar-refractivity contribution in [1.82, 2.24) is 13.9 Å². The Bertz CT molecular complexity index is 1040. The first-order chi connectivity index (χ1) is 11.8. The maximum absolute atomic E-state index is 12.8. The van der Waals surface area contributed by atoms with Crippen LogP contribution in [0.15, 0.2) is 47.6 Å². The zero-order valence-electron chi connectivity index (χ0n) is 13.4. The Morgan fingerprint density at radius 3 is 2.56 bits per heavy atom. The summed E-state index contributed by atoms with van der Waals surface area (Å²) < 4.78 is 31.1. The number of benzene rings is 1. The molecule has 0 spiro atoms. The average Bonchev–Trinajstić information content (AvgIpc) is 3.04. The summed E-state index contributed by atoms with van der Waals surface area (Å²) in [6.45, 7) is 1.87. The molecule has 2 N–H and O–H groups in total. The van der Waals surface area contributed by atoms with Crippen molar-refractivity contribution in [1.29, 1.82) is 0 Å². The summed E-state index contributed by atoms with van der Waals surface area (Å²) in [4.78, 5) is 19.8. The third-order valence-corrected chi connectivity index (χ3v) is 5.22. The highest BCUT2D eigenvalue weighted by atomic mass is 32.2. The topological polar surface area (TPSA) is 120 Å². The van der Waals surface area contributed by atoms with E-state index in [1.807, 2.05) is 6.92 Å². The molecule has 0 saturated heterocycles. The second-order valence-corrected chi connectivity index (χ2v) is 7.02. The Kier molecular flexibility index (Phi) is 4.15. The minimum Gasteiger partial charge on any atom is -0.451 e. The number of nitrogens with two attached hydrogens (primary N) is 1. The van der Waals surface area contributed by atoms with E-state index in [0.717, 1.165) is 9.54 Å². The zero-order chi connectivity index (χ0) is 18.2. The number of carbonyl (C=O) groups excluding carboxylic acids is 1. The lowest BCUT2D eigenvalue weighted by atomic mass is 10.2. The van der Waals surface area contributed by atoms with Crippen molar-refractivity contribution in [3.8, 4) is 0 Å². The molecule has 2 heterocycles. The first-order valence-corrected chi connectivity index (χ1v) is 8.57. The summed E-state index contributed by atoms with van der Waals surface area (Å²) in [5.41, 5.74) is 1.35. The maximum Gasteiger partial charge on any atom is 0.429 e. The van der Waals surface area contributed by atoms with E-state index in [1.54, 1.807) is 12.1 Å². The zero-order valence-corrected chi connectivity index (χ0v) is 14.3. The Balaban J connectivity index is 2.07. The third kappa shape index (κ3) is 2.92. The fraction of sp³-hybridized carbons (Fsp3) is 0.133. The standard InChI is InChI=1S/C15H15N5O4S/c1-10-3-5-11(6-4-10)25(22,23)19-8-7-12-14(19)17-9-13(18-12)20(16)15(21)24-2/h3-9H,16H2,1-2H3. The lowest BCUT2D eigenvalue weighted by Crippen LogP contribution is -2.38. The van der Waals surface area contributed by atoms with Crippen LogP contribution < -0.4 is 10.9 Å². The molecule has 1 amide bonds. The van der Waals surface area contributed by atoms with Crippen molar-refractivity contribution in [3.63, 3.8) is 0 Å². The van der Waals surface area contributed by atoms with Crippen molar-refractivity contribution >= 4 is 33.1 Å². The van der Waals surface area contributed by atoms with E-state index in [9.17, 15) is 13.2 Å². The van der Waals surface area contributed by atoms with Gasteiger partial charge in [-0.2, -0.15) is 5.01 Å². The highest BCUT2D eigenvalue weighted by Gasteiger charge is 2.21. The highest BCUT2D eigenvalue weighted by Crippen LogP contribution is 2.21. The predicted octanol–water partition coefficient (Wildman–Crippen LogP) is 1.42. The number of aryl methyl sites for hydroxylation is 1. The maximum atomic E-state index is 12.8. The van der Waals surface area contributed by atoms with Crippen molar-refractivity contribution in [3.05, 3.63) is 48.3 Å². The number of methoxy groups -OCH3 is 1. The van der Waals surface area contributed by atoms with Gasteiger partial charge in [0.15, 0.2) is 11.5 Å². The van der Waals surface area contributed by atoms with E-state index < -0.39 is 16.1 Å². The number of anilines is 1. The van der Waals surface area contributed by atoms with Crippen molar-refractivity contribution in [2.45, 2.75) is 11.8 Å². The van der Waals surface area contributed by atoms with Crippen LogP contribution in [0.4, 0.5) is 10.6 Å². The highest BCUT2D eigenvalue weighted by molar-refractivity contribution is 7.90. The van der Waals surface area contributed by atoms with Gasteiger partial charge in [-0.1, -0.05) is 17.7 Å². The molecule has 0 bridgehead atoms. The van der Waals surface area contributed by atoms with Gasteiger partial charge in [0.05, 0.1) is 18.2 Å². The lowest BCUT2D eigenvalue weighted by Gasteiger charge is -2.13. The smallest absolute Gasteiger partial charge is 0.429 e. The SMILES string of the molecule is COC(=O)N(N)c1cnc2c(ccn2S(=O)(=O)c2ccc(C)cc2)n1. The summed E-state index contributed by atoms with van der Waals surface area (Å²) in [5.74, 6) is 5.60. The van der Waals surface area contributed by atoms with E-state index in [4.69, 9.17) is 5.84 Å². The molecular weight excluding hydrogens is 346 g/mol. The summed E-state index contributed by atoms with van der Waals surface area (Å²) in [5, 5.41) is 0.679. The Morgan fingerprint density at radius 2 is 1.92 bits per heavy atom. The Labute approximate surface area is 143 Å². The molecule has 130 valence electrons. The fourth-order valence-corrected chi connectivity index (χ4v) is 3.50. The summed E-state index contributed by atoms with van der Waals surface area (Å²) in [6.07, 6.45) is 1.73. The Hall–Kier alpha value is -2.98. The van der Waals surface area contributed by atoms with Gasteiger partial charge in [-0.3, -0.25) is 0 Å². The molecule has 10 heteroatoms. The number of hydrogen-bond donors (Lipinski definition) is 1. The summed E-state index contributed by atoms with van der Waals surface area (Å²) in [7, 11) is -2.64. The van der Waals surface area contributed by atoms with Gasteiger partial charge in [-0.05, 0) is 25.1 Å². The van der Waals surface area contributed by atoms with Crippen LogP contribution in [0.5, 0.6) is 0 Å². The van der Waals surface area contributed by atoms with Crippen LogP contribution in [0.2, 0.25) is 0 Å². The van der Waals surface area contributed by atoms with Crippen LogP contribution in [-0.4, -0.2) is 35.6 Å². The summed E-state index contributed by atoms with van der Waals surface area (Å²) in [6, 6.07) is 7.95. The van der Waals surface area contributed by atoms with Gasteiger partial charge >= 0.3 is 6.09 Å². The largest absolute Gasteiger partial charge is 0.451 e. The average molecular weight is 361 g/mol. The molecule has 0 aliphatic rings. The second kappa shape index (κ2) is 6.15. The molecule has 9 nitrogen and oxygen atoms in total. The van der Waals surface area contributed by atoms with Crippen LogP contribution in [0.1, 0.15) is 5.56 Å². The number of ether oxygens (including phenoxy) is 1. The summed E-state index contributed by atoms with van der Waals surface area (Å²) >= 11 is 0. The second-order valence-electron chi connectivity index (χ2n) is 5.21. The van der Waals surface area contributed by atoms with Crippen molar-refractivity contribution < 1.29 is 17.9 Å². The number of amides is 1. The number of rotatable bonds is 3. The van der Waals surface area contributed by atoms with Gasteiger partial charge in [0, 0.05) is 6.20 Å². The number of hydrogen-bond acceptors (Lipinski definition) is 7. The molecule has 3 rings (SSSR count). The van der Waals surface area contributed by atoms with Crippen LogP contribution in [0.3, 0.4) is 0 Å². The Morgan fingerprint density at radius 1 is 1.24 bits per heavy atom. The van der Waals surface area contributed by atoms with Crippen LogP contribution >= 0.6 is 0 Å². The normalized spacial score (nSPS) is 11.5. The van der Waals surface area contributed by atoms with Gasteiger partial charge < -0.3 is 4.74 Å². The molecule has 0 unspecified atom stereocenters. The van der Waals surface area contributed by atoms with E-state index >= 15 is 0 Å². The van der Waals surface area contributed by atoms with Crippen molar-refractivity contribution in [2.24, 2.45) is 5.84 Å². The van der Waals surface area contributed by atoms with Gasteiger partial charge in [0.1, 0.15) is 5.52 Å². The number of carbonyl (C=O) groups is 1. The fourth-order valence-electron chi connectivity index (χ4n) is 2.20. The van der Waals surface area contributed by atoms with Gasteiger partial charge in [0.2, 0.25) is 0 Å². The first-order valence-electron chi connectivity index (χ1n) is 7.13. The lowest BCUT2D eigenvalue weighted by molar-refractivity contribution is 0.178. The number of nitrogens with zero attached hydrogens (tertiary/aromatic N) is 4. The number of hydrazine groups is 1. The van der Waals surface area contributed by atoms with E-state index in [0.29, 0.717) is 5.01 Å². The number of fused-ring (bicyclic) bond motifs is 1. The molecule has 0 aliphatic heterocycles. The molecule has 0 atom stereocenters. The third-order valence-electron chi connectivity index (χ3n) is 3.54. The minimum atomic E-state index is -3.82. The quantitative estimate of drug-likeness (QED) is 0.425. The van der Waals surface area contributed by atoms with Crippen LogP contribution in [-0.2, 0) is 14.8 Å². The van der Waals surface area contributed by atoms with E-state index in [-0.39, 0.29) is 21.9 Å². The monoisotopic (exact) mass is 361 g/mol. The van der Waals surface area contributed by atoms with Gasteiger partial charge in [-0.25, -0.2) is 33.0 Å². The molecule has 0 aliphatic carbocycles. The van der Waals surface area contributed by atoms with E-state index in [2.05, 4.69) is 14.7 Å². The van der Waals surface area contributed by atoms with Gasteiger partial charge in [0.25, 0.3) is 10.0 Å².